The molecule has 0 aliphatic heterocycles. The molecule has 1 atom stereocenters. The van der Waals surface area contributed by atoms with E-state index >= 15 is 0 Å². The van der Waals surface area contributed by atoms with Crippen molar-refractivity contribution in [3.05, 3.63) is 17.7 Å². The van der Waals surface area contributed by atoms with Gasteiger partial charge in [-0.3, -0.25) is 0 Å². The van der Waals surface area contributed by atoms with Crippen LogP contribution in [0, 0.1) is 0 Å². The average molecular weight is 267 g/mol. The summed E-state index contributed by atoms with van der Waals surface area (Å²) < 4.78 is 17.0. The van der Waals surface area contributed by atoms with Gasteiger partial charge in [-0.1, -0.05) is 0 Å². The summed E-state index contributed by atoms with van der Waals surface area (Å²) in [5.41, 5.74) is 1.12. The van der Waals surface area contributed by atoms with Gasteiger partial charge in [0.15, 0.2) is 11.5 Å². The summed E-state index contributed by atoms with van der Waals surface area (Å²) in [6.45, 7) is 9.76. The second kappa shape index (κ2) is 7.89. The lowest BCUT2D eigenvalue weighted by atomic mass is 10.1. The molecule has 0 fully saturated rings. The minimum Gasteiger partial charge on any atom is -0.490 e. The Morgan fingerprint density at radius 2 is 1.42 bits per heavy atom. The van der Waals surface area contributed by atoms with Crippen molar-refractivity contribution in [3.63, 3.8) is 0 Å². The molecule has 1 N–H and O–H groups in total. The van der Waals surface area contributed by atoms with Crippen LogP contribution in [0.15, 0.2) is 12.1 Å². The van der Waals surface area contributed by atoms with E-state index in [2.05, 4.69) is 12.2 Å². The largest absolute Gasteiger partial charge is 0.490 e. The standard InChI is InChI=1S/C15H25NO3/c1-6-17-13-9-12(11(4)16-5)10-14(18-7-2)15(13)19-8-3/h9-11,16H,6-8H2,1-5H3. The van der Waals surface area contributed by atoms with Gasteiger partial charge >= 0.3 is 0 Å². The van der Waals surface area contributed by atoms with Crippen molar-refractivity contribution in [2.75, 3.05) is 26.9 Å². The fourth-order valence-corrected chi connectivity index (χ4v) is 1.83. The monoisotopic (exact) mass is 267 g/mol. The lowest BCUT2D eigenvalue weighted by molar-refractivity contribution is 0.260. The summed E-state index contributed by atoms with van der Waals surface area (Å²) in [5.74, 6) is 2.18. The molecule has 19 heavy (non-hydrogen) atoms. The summed E-state index contributed by atoms with van der Waals surface area (Å²) in [4.78, 5) is 0. The molecule has 1 aromatic rings. The third-order valence-corrected chi connectivity index (χ3v) is 2.86. The molecule has 0 aliphatic rings. The molecule has 0 bridgehead atoms. The van der Waals surface area contributed by atoms with Crippen LogP contribution < -0.4 is 19.5 Å². The molecule has 4 heteroatoms. The van der Waals surface area contributed by atoms with E-state index in [9.17, 15) is 0 Å². The van der Waals surface area contributed by atoms with Gasteiger partial charge in [-0.15, -0.1) is 0 Å². The zero-order valence-corrected chi connectivity index (χ0v) is 12.6. The number of ether oxygens (including phenoxy) is 3. The Morgan fingerprint density at radius 1 is 0.947 bits per heavy atom. The predicted octanol–water partition coefficient (Wildman–Crippen LogP) is 3.16. The Morgan fingerprint density at radius 3 is 1.79 bits per heavy atom. The smallest absolute Gasteiger partial charge is 0.203 e. The molecular weight excluding hydrogens is 242 g/mol. The van der Waals surface area contributed by atoms with Crippen LogP contribution in [0.5, 0.6) is 17.2 Å². The van der Waals surface area contributed by atoms with Gasteiger partial charge in [0.1, 0.15) is 0 Å². The summed E-state index contributed by atoms with van der Waals surface area (Å²) in [6, 6.07) is 4.25. The lowest BCUT2D eigenvalue weighted by Gasteiger charge is -2.19. The highest BCUT2D eigenvalue weighted by molar-refractivity contribution is 5.54. The second-order valence-corrected chi connectivity index (χ2v) is 4.16. The molecule has 0 aromatic heterocycles. The van der Waals surface area contributed by atoms with Crippen LogP contribution in [0.1, 0.15) is 39.3 Å². The first-order valence-electron chi connectivity index (χ1n) is 6.91. The van der Waals surface area contributed by atoms with Gasteiger partial charge in [-0.25, -0.2) is 0 Å². The van der Waals surface area contributed by atoms with E-state index in [0.29, 0.717) is 25.6 Å². The molecule has 0 saturated heterocycles. The maximum atomic E-state index is 5.68. The van der Waals surface area contributed by atoms with E-state index in [1.165, 1.54) is 0 Å². The summed E-state index contributed by atoms with van der Waals surface area (Å²) in [7, 11) is 1.93. The number of nitrogens with one attached hydrogen (secondary N) is 1. The van der Waals surface area contributed by atoms with Crippen molar-refractivity contribution < 1.29 is 14.2 Å². The SMILES string of the molecule is CCOc1cc(C(C)NC)cc(OCC)c1OCC. The highest BCUT2D eigenvalue weighted by atomic mass is 16.5. The van der Waals surface area contributed by atoms with Crippen LogP contribution in [-0.2, 0) is 0 Å². The van der Waals surface area contributed by atoms with Crippen LogP contribution in [0.25, 0.3) is 0 Å². The van der Waals surface area contributed by atoms with E-state index in [0.717, 1.165) is 17.1 Å². The number of hydrogen-bond donors (Lipinski definition) is 1. The van der Waals surface area contributed by atoms with Crippen molar-refractivity contribution in [2.45, 2.75) is 33.7 Å². The van der Waals surface area contributed by atoms with Crippen molar-refractivity contribution >= 4 is 0 Å². The van der Waals surface area contributed by atoms with E-state index in [4.69, 9.17) is 14.2 Å². The summed E-state index contributed by atoms with van der Waals surface area (Å²) >= 11 is 0. The number of rotatable bonds is 8. The topological polar surface area (TPSA) is 39.7 Å². The van der Waals surface area contributed by atoms with E-state index in [-0.39, 0.29) is 6.04 Å². The van der Waals surface area contributed by atoms with Crippen molar-refractivity contribution in [1.29, 1.82) is 0 Å². The third-order valence-electron chi connectivity index (χ3n) is 2.86. The van der Waals surface area contributed by atoms with Crippen LogP contribution in [0.4, 0.5) is 0 Å². The highest BCUT2D eigenvalue weighted by Gasteiger charge is 2.16. The van der Waals surface area contributed by atoms with E-state index in [1.807, 2.05) is 40.0 Å². The molecule has 1 rings (SSSR count). The molecule has 1 aromatic carbocycles. The van der Waals surface area contributed by atoms with Crippen LogP contribution in [-0.4, -0.2) is 26.9 Å². The third kappa shape index (κ3) is 4.03. The normalized spacial score (nSPS) is 12.1. The van der Waals surface area contributed by atoms with E-state index < -0.39 is 0 Å². The molecule has 4 nitrogen and oxygen atoms in total. The van der Waals surface area contributed by atoms with Gasteiger partial charge in [0, 0.05) is 6.04 Å². The van der Waals surface area contributed by atoms with Gasteiger partial charge < -0.3 is 19.5 Å². The maximum Gasteiger partial charge on any atom is 0.203 e. The molecule has 0 spiro atoms. The molecule has 0 amide bonds. The highest BCUT2D eigenvalue weighted by Crippen LogP contribution is 2.40. The number of benzene rings is 1. The summed E-state index contributed by atoms with van der Waals surface area (Å²) in [5, 5.41) is 3.22. The van der Waals surface area contributed by atoms with Gasteiger partial charge in [0.05, 0.1) is 19.8 Å². The molecule has 0 radical (unpaired) electrons. The number of hydrogen-bond acceptors (Lipinski definition) is 4. The summed E-state index contributed by atoms with van der Waals surface area (Å²) in [6.07, 6.45) is 0. The van der Waals surface area contributed by atoms with Crippen molar-refractivity contribution in [2.24, 2.45) is 0 Å². The van der Waals surface area contributed by atoms with Crippen molar-refractivity contribution in [1.82, 2.24) is 5.32 Å². The zero-order chi connectivity index (χ0) is 14.3. The van der Waals surface area contributed by atoms with Crippen molar-refractivity contribution in [3.8, 4) is 17.2 Å². The molecule has 0 saturated carbocycles. The Labute approximate surface area is 116 Å². The molecule has 0 heterocycles. The van der Waals surface area contributed by atoms with Gasteiger partial charge in [0.25, 0.3) is 0 Å². The Kier molecular flexibility index (Phi) is 6.50. The van der Waals surface area contributed by atoms with Gasteiger partial charge in [-0.05, 0) is 52.4 Å². The van der Waals surface area contributed by atoms with Gasteiger partial charge in [0.2, 0.25) is 5.75 Å². The molecular formula is C15H25NO3. The molecule has 0 aliphatic carbocycles. The second-order valence-electron chi connectivity index (χ2n) is 4.16. The molecule has 1 unspecified atom stereocenters. The van der Waals surface area contributed by atoms with Crippen LogP contribution in [0.2, 0.25) is 0 Å². The Hall–Kier alpha value is -1.42. The fraction of sp³-hybridized carbons (Fsp3) is 0.600. The minimum absolute atomic E-state index is 0.231. The predicted molar refractivity (Wildman–Crippen MR) is 77.4 cm³/mol. The van der Waals surface area contributed by atoms with Gasteiger partial charge in [-0.2, -0.15) is 0 Å². The first-order chi connectivity index (χ1) is 9.17. The zero-order valence-electron chi connectivity index (χ0n) is 12.6. The van der Waals surface area contributed by atoms with E-state index in [1.54, 1.807) is 0 Å². The maximum absolute atomic E-state index is 5.68. The first-order valence-corrected chi connectivity index (χ1v) is 6.91. The average Bonchev–Trinajstić information content (AvgIpc) is 2.41. The Balaban J connectivity index is 3.25. The first kappa shape index (κ1) is 15.6. The lowest BCUT2D eigenvalue weighted by Crippen LogP contribution is -2.13. The Bertz CT molecular complexity index is 366. The fourth-order valence-electron chi connectivity index (χ4n) is 1.83. The molecule has 108 valence electrons. The van der Waals surface area contributed by atoms with Crippen LogP contribution >= 0.6 is 0 Å². The minimum atomic E-state index is 0.231. The quantitative estimate of drug-likeness (QED) is 0.785. The van der Waals surface area contributed by atoms with Crippen LogP contribution in [0.3, 0.4) is 0 Å².